The molecule has 2 fully saturated rings. The van der Waals surface area contributed by atoms with Crippen LogP contribution in [0, 0.1) is 29.6 Å². The zero-order chi connectivity index (χ0) is 17.5. The predicted molar refractivity (Wildman–Crippen MR) is 89.3 cm³/mol. The first-order valence-electron chi connectivity index (χ1n) is 8.80. The third-order valence-corrected chi connectivity index (χ3v) is 4.88. The van der Waals surface area contributed by atoms with Gasteiger partial charge >= 0.3 is 5.97 Å². The SMILES string of the molecule is CCCCCCC(O)C#CC1CC2C(=NOCC(=O)O)CC2C1O. The van der Waals surface area contributed by atoms with Gasteiger partial charge in [0.05, 0.1) is 11.8 Å². The van der Waals surface area contributed by atoms with Crippen LogP contribution in [0.15, 0.2) is 5.16 Å². The van der Waals surface area contributed by atoms with Crippen molar-refractivity contribution in [3.63, 3.8) is 0 Å². The topological polar surface area (TPSA) is 99.4 Å². The Balaban J connectivity index is 1.78. The summed E-state index contributed by atoms with van der Waals surface area (Å²) in [5, 5.41) is 32.6. The molecule has 2 rings (SSSR count). The van der Waals surface area contributed by atoms with Crippen molar-refractivity contribution in [1.82, 2.24) is 0 Å². The van der Waals surface area contributed by atoms with Gasteiger partial charge in [0.25, 0.3) is 0 Å². The van der Waals surface area contributed by atoms with Gasteiger partial charge in [-0.25, -0.2) is 4.79 Å². The van der Waals surface area contributed by atoms with Crippen molar-refractivity contribution < 1.29 is 25.0 Å². The van der Waals surface area contributed by atoms with Gasteiger partial charge in [-0.2, -0.15) is 0 Å². The van der Waals surface area contributed by atoms with E-state index in [1.807, 2.05) is 0 Å². The Hall–Kier alpha value is -1.58. The standard InChI is InChI=1S/C18H27NO5/c1-2-3-4-5-6-13(20)8-7-12-9-14-15(18(12)23)10-16(14)19-24-11-17(21)22/h12-15,18,20,23H,2-6,9-11H2,1H3,(H,21,22). The molecule has 24 heavy (non-hydrogen) atoms. The highest BCUT2D eigenvalue weighted by Crippen LogP contribution is 2.47. The van der Waals surface area contributed by atoms with Gasteiger partial charge in [0, 0.05) is 11.8 Å². The highest BCUT2D eigenvalue weighted by Gasteiger charge is 2.51. The predicted octanol–water partition coefficient (Wildman–Crippen LogP) is 1.80. The number of nitrogens with zero attached hydrogens (tertiary/aromatic N) is 1. The molecule has 3 N–H and O–H groups in total. The summed E-state index contributed by atoms with van der Waals surface area (Å²) in [5.74, 6) is 4.93. The molecule has 0 aromatic heterocycles. The molecule has 5 atom stereocenters. The van der Waals surface area contributed by atoms with Crippen LogP contribution in [0.5, 0.6) is 0 Å². The van der Waals surface area contributed by atoms with Crippen molar-refractivity contribution in [3.05, 3.63) is 0 Å². The number of hydrogen-bond acceptors (Lipinski definition) is 5. The molecule has 0 heterocycles. The molecule has 0 aromatic carbocycles. The number of aliphatic hydroxyl groups excluding tert-OH is 2. The van der Waals surface area contributed by atoms with Crippen LogP contribution in [0.4, 0.5) is 0 Å². The Kier molecular flexibility index (Phi) is 7.07. The van der Waals surface area contributed by atoms with Crippen LogP contribution in [-0.2, 0) is 9.63 Å². The molecule has 0 bridgehead atoms. The summed E-state index contributed by atoms with van der Waals surface area (Å²) < 4.78 is 0. The van der Waals surface area contributed by atoms with E-state index in [9.17, 15) is 15.0 Å². The van der Waals surface area contributed by atoms with E-state index in [2.05, 4.69) is 23.9 Å². The lowest BCUT2D eigenvalue weighted by Gasteiger charge is -2.33. The number of oxime groups is 1. The molecule has 2 saturated carbocycles. The van der Waals surface area contributed by atoms with Crippen molar-refractivity contribution in [2.24, 2.45) is 22.9 Å². The lowest BCUT2D eigenvalue weighted by molar-refractivity contribution is -0.142. The Bertz CT molecular complexity index is 521. The summed E-state index contributed by atoms with van der Waals surface area (Å²) in [6.45, 7) is 1.70. The summed E-state index contributed by atoms with van der Waals surface area (Å²) >= 11 is 0. The van der Waals surface area contributed by atoms with Gasteiger partial charge in [0.2, 0.25) is 6.61 Å². The van der Waals surface area contributed by atoms with Crippen molar-refractivity contribution in [2.45, 2.75) is 64.1 Å². The van der Waals surface area contributed by atoms with Crippen molar-refractivity contribution in [1.29, 1.82) is 0 Å². The molecule has 134 valence electrons. The fourth-order valence-corrected chi connectivity index (χ4v) is 3.46. The summed E-state index contributed by atoms with van der Waals surface area (Å²) in [4.78, 5) is 15.2. The maximum Gasteiger partial charge on any atom is 0.344 e. The van der Waals surface area contributed by atoms with Crippen LogP contribution in [-0.4, -0.2) is 45.8 Å². The Morgan fingerprint density at radius 3 is 2.92 bits per heavy atom. The number of carboxylic acid groups (broad SMARTS) is 1. The first-order valence-corrected chi connectivity index (χ1v) is 8.80. The zero-order valence-corrected chi connectivity index (χ0v) is 14.1. The van der Waals surface area contributed by atoms with Crippen LogP contribution in [0.2, 0.25) is 0 Å². The van der Waals surface area contributed by atoms with E-state index in [0.29, 0.717) is 19.3 Å². The van der Waals surface area contributed by atoms with E-state index in [1.54, 1.807) is 0 Å². The number of carboxylic acids is 1. The summed E-state index contributed by atoms with van der Waals surface area (Å²) in [6.07, 6.45) is 5.29. The largest absolute Gasteiger partial charge is 0.479 e. The lowest BCUT2D eigenvalue weighted by Crippen LogP contribution is -2.38. The molecule has 0 saturated heterocycles. The molecule has 2 aliphatic carbocycles. The van der Waals surface area contributed by atoms with Gasteiger partial charge in [0.1, 0.15) is 6.10 Å². The number of aliphatic hydroxyl groups is 2. The normalized spacial score (nSPS) is 30.9. The van der Waals surface area contributed by atoms with E-state index in [0.717, 1.165) is 18.6 Å². The fraction of sp³-hybridized carbons (Fsp3) is 0.778. The highest BCUT2D eigenvalue weighted by atomic mass is 16.6. The number of hydrogen-bond donors (Lipinski definition) is 3. The molecule has 0 spiro atoms. The number of unbranched alkanes of at least 4 members (excludes halogenated alkanes) is 3. The minimum Gasteiger partial charge on any atom is -0.479 e. The maximum absolute atomic E-state index is 10.4. The van der Waals surface area contributed by atoms with E-state index in [4.69, 9.17) is 9.94 Å². The van der Waals surface area contributed by atoms with Crippen LogP contribution >= 0.6 is 0 Å². The summed E-state index contributed by atoms with van der Waals surface area (Å²) in [6, 6.07) is 0. The Morgan fingerprint density at radius 2 is 2.21 bits per heavy atom. The molecule has 0 radical (unpaired) electrons. The molecule has 2 aliphatic rings. The molecule has 0 amide bonds. The van der Waals surface area contributed by atoms with Crippen molar-refractivity contribution in [2.75, 3.05) is 6.61 Å². The zero-order valence-electron chi connectivity index (χ0n) is 14.1. The van der Waals surface area contributed by atoms with Gasteiger partial charge < -0.3 is 20.2 Å². The summed E-state index contributed by atoms with van der Waals surface area (Å²) in [5.41, 5.74) is 0.810. The van der Waals surface area contributed by atoms with Gasteiger partial charge in [0.15, 0.2) is 0 Å². The van der Waals surface area contributed by atoms with Gasteiger partial charge in [-0.05, 0) is 31.6 Å². The van der Waals surface area contributed by atoms with Crippen LogP contribution in [0.3, 0.4) is 0 Å². The first-order chi connectivity index (χ1) is 11.5. The smallest absolute Gasteiger partial charge is 0.344 e. The number of rotatable bonds is 8. The minimum absolute atomic E-state index is 0.120. The highest BCUT2D eigenvalue weighted by molar-refractivity contribution is 5.93. The monoisotopic (exact) mass is 337 g/mol. The second-order valence-electron chi connectivity index (χ2n) is 6.71. The van der Waals surface area contributed by atoms with E-state index < -0.39 is 24.8 Å². The van der Waals surface area contributed by atoms with Crippen molar-refractivity contribution >= 4 is 11.7 Å². The number of aliphatic carboxylic acids is 1. The molecule has 6 nitrogen and oxygen atoms in total. The van der Waals surface area contributed by atoms with E-state index >= 15 is 0 Å². The molecule has 0 aromatic rings. The minimum atomic E-state index is -1.06. The third kappa shape index (κ3) is 4.96. The molecular weight excluding hydrogens is 310 g/mol. The van der Waals surface area contributed by atoms with E-state index in [-0.39, 0.29) is 17.8 Å². The molecular formula is C18H27NO5. The second-order valence-corrected chi connectivity index (χ2v) is 6.71. The molecule has 0 aliphatic heterocycles. The lowest BCUT2D eigenvalue weighted by atomic mass is 9.73. The third-order valence-electron chi connectivity index (χ3n) is 4.88. The average molecular weight is 337 g/mol. The van der Waals surface area contributed by atoms with Gasteiger partial charge in [-0.15, -0.1) is 0 Å². The number of fused-ring (bicyclic) bond motifs is 1. The average Bonchev–Trinajstić information content (AvgIpc) is 2.77. The van der Waals surface area contributed by atoms with Crippen LogP contribution in [0.1, 0.15) is 51.9 Å². The Morgan fingerprint density at radius 1 is 1.42 bits per heavy atom. The number of carbonyl (C=O) groups is 1. The fourth-order valence-electron chi connectivity index (χ4n) is 3.46. The Labute approximate surface area is 142 Å². The molecule has 5 unspecified atom stereocenters. The summed E-state index contributed by atoms with van der Waals surface area (Å²) in [7, 11) is 0. The maximum atomic E-state index is 10.4. The van der Waals surface area contributed by atoms with Gasteiger partial charge in [-0.1, -0.05) is 43.2 Å². The first kappa shape index (κ1) is 18.8. The molecule has 6 heteroatoms. The van der Waals surface area contributed by atoms with Gasteiger partial charge in [-0.3, -0.25) is 0 Å². The van der Waals surface area contributed by atoms with Crippen LogP contribution < -0.4 is 0 Å². The van der Waals surface area contributed by atoms with Crippen LogP contribution in [0.25, 0.3) is 0 Å². The van der Waals surface area contributed by atoms with E-state index in [1.165, 1.54) is 12.8 Å². The second kappa shape index (κ2) is 9.05. The van der Waals surface area contributed by atoms with Crippen molar-refractivity contribution in [3.8, 4) is 11.8 Å². The quantitative estimate of drug-likeness (QED) is 0.356.